The number of hydrogen-bond acceptors (Lipinski definition) is 13. The molecule has 2 saturated heterocycles. The van der Waals surface area contributed by atoms with Crippen LogP contribution in [-0.4, -0.2) is 140 Å². The van der Waals surface area contributed by atoms with Crippen molar-refractivity contribution >= 4 is 5.91 Å². The van der Waals surface area contributed by atoms with Crippen LogP contribution in [0.4, 0.5) is 0 Å². The zero-order valence-electron chi connectivity index (χ0n) is 42.3. The summed E-state index contributed by atoms with van der Waals surface area (Å²) in [5, 5.41) is 86.7. The minimum atomic E-state index is -1.80. The molecule has 0 aromatic rings. The molecular weight excluding hydrogens is 883 g/mol. The van der Waals surface area contributed by atoms with Crippen LogP contribution < -0.4 is 5.32 Å². The molecule has 0 spiro atoms. The molecule has 2 aliphatic heterocycles. The van der Waals surface area contributed by atoms with Gasteiger partial charge >= 0.3 is 0 Å². The number of carbonyl (C=O) groups excluding carboxylic acids is 1. The highest BCUT2D eigenvalue weighted by Gasteiger charge is 2.51. The third-order valence-electron chi connectivity index (χ3n) is 12.7. The standard InChI is InChI=1S/C55H95NO13/c1-3-5-7-9-11-13-15-17-19-20-21-22-23-25-26-28-30-32-34-36-38-44(59)43(56-47(60)39-37-35-33-31-29-27-24-18-16-14-12-10-8-6-4-2)42-66-54-52(65)50(63)53(46(41-58)68-54)69-55-51(64)49(62)48(61)45(40-57)67-55/h6,8,12,14,18,24,29,31,35-38,43-46,48-55,57-59,61-65H,3-5,7,9-11,13,15-17,19-23,25-28,30,32-34,39-42H2,1-2H3,(H,56,60)/b8-6-,14-12-,24-18-,31-29-,37-35-,38-36+. The summed E-state index contributed by atoms with van der Waals surface area (Å²) in [6.07, 6.45) is 35.4. The maximum atomic E-state index is 13.1. The molecule has 0 aromatic carbocycles. The third-order valence-corrected chi connectivity index (χ3v) is 12.7. The molecule has 12 unspecified atom stereocenters. The maximum Gasteiger partial charge on any atom is 0.224 e. The van der Waals surface area contributed by atoms with Crippen molar-refractivity contribution < 1.29 is 64.6 Å². The second-order valence-electron chi connectivity index (χ2n) is 18.6. The molecule has 14 nitrogen and oxygen atoms in total. The first-order valence-corrected chi connectivity index (χ1v) is 26.7. The second-order valence-corrected chi connectivity index (χ2v) is 18.6. The first-order valence-electron chi connectivity index (χ1n) is 26.7. The van der Waals surface area contributed by atoms with Gasteiger partial charge in [-0.15, -0.1) is 0 Å². The number of amides is 1. The van der Waals surface area contributed by atoms with Crippen LogP contribution in [0.1, 0.15) is 174 Å². The molecular formula is C55H95NO13. The van der Waals surface area contributed by atoms with E-state index in [4.69, 9.17) is 18.9 Å². The molecule has 0 bridgehead atoms. The summed E-state index contributed by atoms with van der Waals surface area (Å²) in [6.45, 7) is 2.60. The highest BCUT2D eigenvalue weighted by atomic mass is 16.7. The van der Waals surface area contributed by atoms with Crippen molar-refractivity contribution in [2.45, 2.75) is 248 Å². The van der Waals surface area contributed by atoms with Crippen LogP contribution in [0, 0.1) is 0 Å². The van der Waals surface area contributed by atoms with E-state index in [1.54, 1.807) is 12.2 Å². The molecule has 9 N–H and O–H groups in total. The Morgan fingerprint density at radius 3 is 1.48 bits per heavy atom. The van der Waals surface area contributed by atoms with Gasteiger partial charge in [0, 0.05) is 6.42 Å². The monoisotopic (exact) mass is 978 g/mol. The van der Waals surface area contributed by atoms with Gasteiger partial charge in [-0.2, -0.15) is 0 Å². The number of allylic oxidation sites excluding steroid dienone is 10. The lowest BCUT2D eigenvalue weighted by molar-refractivity contribution is -0.359. The van der Waals surface area contributed by atoms with Gasteiger partial charge in [-0.05, 0) is 44.9 Å². The van der Waals surface area contributed by atoms with E-state index in [1.807, 2.05) is 18.2 Å². The Hall–Kier alpha value is -2.57. The van der Waals surface area contributed by atoms with Gasteiger partial charge in [-0.3, -0.25) is 4.79 Å². The quantitative estimate of drug-likeness (QED) is 0.0213. The summed E-state index contributed by atoms with van der Waals surface area (Å²) in [7, 11) is 0. The molecule has 69 heavy (non-hydrogen) atoms. The molecule has 0 saturated carbocycles. The highest BCUT2D eigenvalue weighted by Crippen LogP contribution is 2.30. The van der Waals surface area contributed by atoms with Crippen molar-refractivity contribution in [3.05, 3.63) is 72.9 Å². The Morgan fingerprint density at radius 1 is 0.536 bits per heavy atom. The van der Waals surface area contributed by atoms with Crippen molar-refractivity contribution in [2.24, 2.45) is 0 Å². The number of carbonyl (C=O) groups is 1. The normalized spacial score (nSPS) is 26.8. The summed E-state index contributed by atoms with van der Waals surface area (Å²) in [6, 6.07) is -0.972. The molecule has 398 valence electrons. The van der Waals surface area contributed by atoms with E-state index in [-0.39, 0.29) is 18.9 Å². The van der Waals surface area contributed by atoms with Gasteiger partial charge in [0.15, 0.2) is 12.6 Å². The van der Waals surface area contributed by atoms with Crippen LogP contribution in [0.15, 0.2) is 72.9 Å². The molecule has 0 aromatic heterocycles. The van der Waals surface area contributed by atoms with Crippen molar-refractivity contribution in [3.8, 4) is 0 Å². The van der Waals surface area contributed by atoms with Gasteiger partial charge in [-0.1, -0.05) is 196 Å². The lowest BCUT2D eigenvalue weighted by Gasteiger charge is -2.46. The fraction of sp³-hybridized carbons (Fsp3) is 0.764. The van der Waals surface area contributed by atoms with Gasteiger partial charge in [0.2, 0.25) is 5.91 Å². The molecule has 2 heterocycles. The van der Waals surface area contributed by atoms with Gasteiger partial charge < -0.3 is 65.1 Å². The number of hydrogen-bond donors (Lipinski definition) is 9. The van der Waals surface area contributed by atoms with Crippen LogP contribution >= 0.6 is 0 Å². The predicted octanol–water partition coefficient (Wildman–Crippen LogP) is 7.60. The molecule has 14 heteroatoms. The fourth-order valence-corrected chi connectivity index (χ4v) is 8.36. The smallest absolute Gasteiger partial charge is 0.224 e. The average Bonchev–Trinajstić information content (AvgIpc) is 3.35. The summed E-state index contributed by atoms with van der Waals surface area (Å²) in [4.78, 5) is 13.1. The van der Waals surface area contributed by atoms with E-state index < -0.39 is 86.8 Å². The molecule has 2 rings (SSSR count). The van der Waals surface area contributed by atoms with Gasteiger partial charge in [-0.25, -0.2) is 0 Å². The van der Waals surface area contributed by atoms with Crippen LogP contribution in [-0.2, 0) is 23.7 Å². The Morgan fingerprint density at radius 2 is 0.986 bits per heavy atom. The van der Waals surface area contributed by atoms with Crippen LogP contribution in [0.25, 0.3) is 0 Å². The molecule has 0 radical (unpaired) electrons. The number of unbranched alkanes of at least 4 members (excludes halogenated alkanes) is 18. The van der Waals surface area contributed by atoms with Crippen LogP contribution in [0.5, 0.6) is 0 Å². The molecule has 1 amide bonds. The number of rotatable bonds is 40. The highest BCUT2D eigenvalue weighted by molar-refractivity contribution is 5.77. The van der Waals surface area contributed by atoms with Gasteiger partial charge in [0.05, 0.1) is 32.0 Å². The zero-order valence-corrected chi connectivity index (χ0v) is 42.3. The number of ether oxygens (including phenoxy) is 4. The lowest BCUT2D eigenvalue weighted by atomic mass is 9.97. The predicted molar refractivity (Wildman–Crippen MR) is 272 cm³/mol. The van der Waals surface area contributed by atoms with E-state index in [0.717, 1.165) is 51.4 Å². The topological polar surface area (TPSA) is 228 Å². The largest absolute Gasteiger partial charge is 0.394 e. The van der Waals surface area contributed by atoms with Gasteiger partial charge in [0.1, 0.15) is 48.8 Å². The summed E-state index contributed by atoms with van der Waals surface area (Å²) >= 11 is 0. The Balaban J connectivity index is 1.86. The fourth-order valence-electron chi connectivity index (χ4n) is 8.36. The maximum absolute atomic E-state index is 13.1. The lowest BCUT2D eigenvalue weighted by Crippen LogP contribution is -2.65. The first kappa shape index (κ1) is 62.5. The van der Waals surface area contributed by atoms with Crippen molar-refractivity contribution in [1.82, 2.24) is 5.32 Å². The minimum Gasteiger partial charge on any atom is -0.394 e. The first-order chi connectivity index (χ1) is 33.6. The van der Waals surface area contributed by atoms with Crippen molar-refractivity contribution in [1.29, 1.82) is 0 Å². The third kappa shape index (κ3) is 27.7. The van der Waals surface area contributed by atoms with Crippen molar-refractivity contribution in [3.63, 3.8) is 0 Å². The summed E-state index contributed by atoms with van der Waals surface area (Å²) in [5.41, 5.74) is 0. The van der Waals surface area contributed by atoms with Crippen LogP contribution in [0.3, 0.4) is 0 Å². The summed E-state index contributed by atoms with van der Waals surface area (Å²) in [5.74, 6) is -0.368. The van der Waals surface area contributed by atoms with Gasteiger partial charge in [0.25, 0.3) is 0 Å². The Labute approximate surface area is 415 Å². The van der Waals surface area contributed by atoms with Crippen molar-refractivity contribution in [2.75, 3.05) is 19.8 Å². The zero-order chi connectivity index (χ0) is 50.3. The number of aliphatic hydroxyl groups excluding tert-OH is 8. The van der Waals surface area contributed by atoms with E-state index >= 15 is 0 Å². The van der Waals surface area contributed by atoms with Crippen LogP contribution in [0.2, 0.25) is 0 Å². The average molecular weight is 978 g/mol. The van der Waals surface area contributed by atoms with E-state index in [0.29, 0.717) is 6.42 Å². The summed E-state index contributed by atoms with van der Waals surface area (Å²) < 4.78 is 22.7. The Kier molecular flexibility index (Phi) is 37.1. The molecule has 2 aliphatic rings. The number of nitrogens with one attached hydrogen (secondary N) is 1. The second kappa shape index (κ2) is 41.0. The SMILES string of the molecule is CC/C=C\C/C=C\C/C=C\C/C=C\C/C=C\CC(=O)NC(COC1OC(CO)C(OC2OC(CO)C(O)C(O)C2O)C(O)C1O)C(O)/C=C/CCCCCCCCCCCCCCCCCCCC. The molecule has 12 atom stereocenters. The Bertz CT molecular complexity index is 1430. The minimum absolute atomic E-state index is 0.0462. The van der Waals surface area contributed by atoms with E-state index in [2.05, 4.69) is 61.7 Å². The van der Waals surface area contributed by atoms with E-state index in [9.17, 15) is 45.6 Å². The molecule has 0 aliphatic carbocycles. The number of aliphatic hydroxyl groups is 8. The van der Waals surface area contributed by atoms with E-state index in [1.165, 1.54) is 96.3 Å². The molecule has 2 fully saturated rings.